The molecule has 2 aromatic heterocycles. The molecule has 1 spiro atoms. The monoisotopic (exact) mass is 486 g/mol. The highest BCUT2D eigenvalue weighted by molar-refractivity contribution is 5.50. The number of halogens is 3. The average molecular weight is 486 g/mol. The van der Waals surface area contributed by atoms with Crippen LogP contribution in [0.2, 0.25) is 0 Å². The SMILES string of the molecule is O=c1nc(OCc2ccc(Oc3ccnc(C(F)F)c3)c(F)c2)cc2n1CC[C@]13CO[C@H](CN21)C3. The van der Waals surface area contributed by atoms with Crippen molar-refractivity contribution in [2.24, 2.45) is 0 Å². The minimum atomic E-state index is -2.76. The van der Waals surface area contributed by atoms with E-state index in [1.807, 2.05) is 0 Å². The number of pyridine rings is 1. The van der Waals surface area contributed by atoms with E-state index >= 15 is 0 Å². The minimum Gasteiger partial charge on any atom is -0.473 e. The van der Waals surface area contributed by atoms with Gasteiger partial charge in [0.25, 0.3) is 6.43 Å². The Labute approximate surface area is 197 Å². The number of morpholine rings is 1. The van der Waals surface area contributed by atoms with Crippen LogP contribution in [0.4, 0.5) is 19.0 Å². The van der Waals surface area contributed by atoms with Gasteiger partial charge in [0.2, 0.25) is 5.88 Å². The highest BCUT2D eigenvalue weighted by Crippen LogP contribution is 2.46. The predicted octanol–water partition coefficient (Wildman–Crippen LogP) is 3.84. The molecular weight excluding hydrogens is 465 g/mol. The van der Waals surface area contributed by atoms with Crippen LogP contribution in [-0.4, -0.2) is 39.3 Å². The van der Waals surface area contributed by atoms with Crippen LogP contribution < -0.4 is 20.1 Å². The molecule has 6 rings (SSSR count). The molecule has 0 amide bonds. The Morgan fingerprint density at radius 1 is 1.23 bits per heavy atom. The third-order valence-corrected chi connectivity index (χ3v) is 6.78. The molecule has 3 aromatic rings. The van der Waals surface area contributed by atoms with E-state index < -0.39 is 17.9 Å². The lowest BCUT2D eigenvalue weighted by atomic mass is 9.92. The maximum atomic E-state index is 14.6. The maximum absolute atomic E-state index is 14.6. The summed E-state index contributed by atoms with van der Waals surface area (Å²) < 4.78 is 58.9. The van der Waals surface area contributed by atoms with Crippen LogP contribution in [0.1, 0.15) is 30.5 Å². The fourth-order valence-corrected chi connectivity index (χ4v) is 5.08. The van der Waals surface area contributed by atoms with E-state index in [0.29, 0.717) is 18.7 Å². The van der Waals surface area contributed by atoms with Gasteiger partial charge in [-0.1, -0.05) is 6.07 Å². The second kappa shape index (κ2) is 8.26. The molecule has 0 N–H and O–H groups in total. The summed E-state index contributed by atoms with van der Waals surface area (Å²) in [5.41, 5.74) is -0.421. The van der Waals surface area contributed by atoms with Crippen molar-refractivity contribution < 1.29 is 27.4 Å². The number of benzene rings is 1. The van der Waals surface area contributed by atoms with Crippen molar-refractivity contribution in [2.75, 3.05) is 18.1 Å². The number of aromatic nitrogens is 3. The summed E-state index contributed by atoms with van der Waals surface area (Å²) in [4.78, 5) is 22.4. The zero-order chi connectivity index (χ0) is 24.2. The van der Waals surface area contributed by atoms with Crippen LogP contribution in [0.15, 0.2) is 47.4 Å². The second-order valence-electron chi connectivity index (χ2n) is 8.98. The Morgan fingerprint density at radius 2 is 2.11 bits per heavy atom. The molecule has 5 heterocycles. The number of fused-ring (bicyclic) bond motifs is 3. The van der Waals surface area contributed by atoms with Gasteiger partial charge >= 0.3 is 5.69 Å². The third kappa shape index (κ3) is 3.89. The molecule has 182 valence electrons. The molecule has 0 radical (unpaired) electrons. The van der Waals surface area contributed by atoms with Crippen molar-refractivity contribution >= 4 is 5.82 Å². The van der Waals surface area contributed by atoms with Crippen molar-refractivity contribution in [3.8, 4) is 17.4 Å². The summed E-state index contributed by atoms with van der Waals surface area (Å²) in [5, 5.41) is 0. The van der Waals surface area contributed by atoms with Crippen LogP contribution in [-0.2, 0) is 17.9 Å². The lowest BCUT2D eigenvalue weighted by Crippen LogP contribution is -2.54. The maximum Gasteiger partial charge on any atom is 0.352 e. The van der Waals surface area contributed by atoms with Crippen LogP contribution in [0.25, 0.3) is 0 Å². The first-order valence-electron chi connectivity index (χ1n) is 11.2. The Morgan fingerprint density at radius 3 is 2.91 bits per heavy atom. The van der Waals surface area contributed by atoms with Gasteiger partial charge < -0.3 is 19.1 Å². The largest absolute Gasteiger partial charge is 0.473 e. The van der Waals surface area contributed by atoms with Gasteiger partial charge in [-0.15, -0.1) is 0 Å². The number of hydrogen-bond acceptors (Lipinski definition) is 7. The first kappa shape index (κ1) is 21.9. The Balaban J connectivity index is 1.17. The van der Waals surface area contributed by atoms with E-state index in [4.69, 9.17) is 14.2 Å². The summed E-state index contributed by atoms with van der Waals surface area (Å²) in [6.07, 6.45) is 0.387. The van der Waals surface area contributed by atoms with Gasteiger partial charge in [-0.25, -0.2) is 18.0 Å². The standard InChI is InChI=1S/C24H21F3N4O4/c25-17-7-14(1-2-19(17)35-15-3-5-28-18(8-15)22(26)27)12-33-20-9-21-30(23(32)29-20)6-4-24-10-16(34-13-24)11-31(21)24/h1-3,5,7-9,16,22H,4,6,10-13H2/t16-,24-/m0/s1. The average Bonchev–Trinajstić information content (AvgIpc) is 3.43. The van der Waals surface area contributed by atoms with Gasteiger partial charge in [-0.3, -0.25) is 9.55 Å². The zero-order valence-electron chi connectivity index (χ0n) is 18.5. The molecule has 1 aromatic carbocycles. The van der Waals surface area contributed by atoms with Gasteiger partial charge in [0, 0.05) is 37.8 Å². The number of ether oxygens (including phenoxy) is 3. The van der Waals surface area contributed by atoms with E-state index in [1.54, 1.807) is 16.7 Å². The summed E-state index contributed by atoms with van der Waals surface area (Å²) >= 11 is 0. The highest BCUT2D eigenvalue weighted by atomic mass is 19.3. The Bertz CT molecular complexity index is 1350. The molecular formula is C24H21F3N4O4. The van der Waals surface area contributed by atoms with Crippen LogP contribution in [0.5, 0.6) is 17.4 Å². The first-order chi connectivity index (χ1) is 16.9. The van der Waals surface area contributed by atoms with E-state index in [-0.39, 0.29) is 41.3 Å². The summed E-state index contributed by atoms with van der Waals surface area (Å²) in [6, 6.07) is 8.37. The molecule has 2 saturated heterocycles. The molecule has 35 heavy (non-hydrogen) atoms. The minimum absolute atomic E-state index is 0.0191. The molecule has 2 atom stereocenters. The Kier molecular flexibility index (Phi) is 5.17. The Hall–Kier alpha value is -3.60. The van der Waals surface area contributed by atoms with Crippen molar-refractivity contribution in [1.82, 2.24) is 14.5 Å². The van der Waals surface area contributed by atoms with Crippen molar-refractivity contribution in [3.63, 3.8) is 0 Å². The van der Waals surface area contributed by atoms with Gasteiger partial charge in [0.15, 0.2) is 11.6 Å². The fraction of sp³-hybridized carbons (Fsp3) is 0.375. The topological polar surface area (TPSA) is 78.7 Å². The summed E-state index contributed by atoms with van der Waals surface area (Å²) in [6.45, 7) is 1.94. The van der Waals surface area contributed by atoms with Crippen molar-refractivity contribution in [1.29, 1.82) is 0 Å². The molecule has 8 nitrogen and oxygen atoms in total. The lowest BCUT2D eigenvalue weighted by Gasteiger charge is -2.44. The van der Waals surface area contributed by atoms with Crippen molar-refractivity contribution in [2.45, 2.75) is 44.1 Å². The number of alkyl halides is 2. The molecule has 0 unspecified atom stereocenters. The van der Waals surface area contributed by atoms with E-state index in [1.165, 1.54) is 24.4 Å². The molecule has 3 aliphatic rings. The second-order valence-corrected chi connectivity index (χ2v) is 8.98. The highest BCUT2D eigenvalue weighted by Gasteiger charge is 2.54. The van der Waals surface area contributed by atoms with Crippen LogP contribution in [0.3, 0.4) is 0 Å². The van der Waals surface area contributed by atoms with Crippen molar-refractivity contribution in [3.05, 3.63) is 70.2 Å². The fourth-order valence-electron chi connectivity index (χ4n) is 5.08. The summed E-state index contributed by atoms with van der Waals surface area (Å²) in [7, 11) is 0. The summed E-state index contributed by atoms with van der Waals surface area (Å²) in [5.74, 6) is 0.180. The molecule has 0 saturated carbocycles. The van der Waals surface area contributed by atoms with Crippen LogP contribution >= 0.6 is 0 Å². The zero-order valence-corrected chi connectivity index (χ0v) is 18.5. The normalized spacial score (nSPS) is 22.3. The molecule has 0 aliphatic carbocycles. The quantitative estimate of drug-likeness (QED) is 0.524. The number of rotatable bonds is 6. The molecule has 11 heteroatoms. The molecule has 2 bridgehead atoms. The van der Waals surface area contributed by atoms with E-state index in [9.17, 15) is 18.0 Å². The van der Waals surface area contributed by atoms with E-state index in [2.05, 4.69) is 14.9 Å². The smallest absolute Gasteiger partial charge is 0.352 e. The number of hydrogen-bond donors (Lipinski definition) is 0. The number of nitrogens with zero attached hydrogens (tertiary/aromatic N) is 4. The number of anilines is 1. The van der Waals surface area contributed by atoms with Gasteiger partial charge in [-0.05, 0) is 30.2 Å². The van der Waals surface area contributed by atoms with Crippen LogP contribution in [0, 0.1) is 5.82 Å². The third-order valence-electron chi connectivity index (χ3n) is 6.78. The van der Waals surface area contributed by atoms with Gasteiger partial charge in [-0.2, -0.15) is 4.98 Å². The van der Waals surface area contributed by atoms with Gasteiger partial charge in [0.05, 0.1) is 18.2 Å². The van der Waals surface area contributed by atoms with E-state index in [0.717, 1.165) is 31.3 Å². The lowest BCUT2D eigenvalue weighted by molar-refractivity contribution is 0.0776. The molecule has 2 fully saturated rings. The van der Waals surface area contributed by atoms with Gasteiger partial charge in [0.1, 0.15) is 23.9 Å². The first-order valence-corrected chi connectivity index (χ1v) is 11.2. The predicted molar refractivity (Wildman–Crippen MR) is 118 cm³/mol. The molecule has 3 aliphatic heterocycles.